The van der Waals surface area contributed by atoms with Gasteiger partial charge in [0.15, 0.2) is 6.61 Å². The summed E-state index contributed by atoms with van der Waals surface area (Å²) in [6, 6.07) is 7.39. The SMILES string of the molecule is CCC1(CC)NC(=O)N(CC(=O)OCC(=O)N(C)[C@@H]2CCCc3ccccc32)C1=O. The average molecular weight is 415 g/mol. The third-order valence-corrected chi connectivity index (χ3v) is 6.30. The molecule has 0 aromatic heterocycles. The molecule has 30 heavy (non-hydrogen) atoms. The number of nitrogens with zero attached hydrogens (tertiary/aromatic N) is 2. The van der Waals surface area contributed by atoms with Crippen molar-refractivity contribution in [3.05, 3.63) is 35.4 Å². The van der Waals surface area contributed by atoms with Crippen molar-refractivity contribution in [1.82, 2.24) is 15.1 Å². The monoisotopic (exact) mass is 415 g/mol. The number of hydrogen-bond donors (Lipinski definition) is 1. The van der Waals surface area contributed by atoms with Gasteiger partial charge in [-0.3, -0.25) is 19.3 Å². The predicted molar refractivity (Wildman–Crippen MR) is 109 cm³/mol. The largest absolute Gasteiger partial charge is 0.454 e. The smallest absolute Gasteiger partial charge is 0.326 e. The van der Waals surface area contributed by atoms with E-state index < -0.39 is 36.6 Å². The van der Waals surface area contributed by atoms with E-state index in [1.54, 1.807) is 25.8 Å². The lowest BCUT2D eigenvalue weighted by molar-refractivity contribution is -0.154. The second-order valence-corrected chi connectivity index (χ2v) is 7.88. The van der Waals surface area contributed by atoms with Gasteiger partial charge in [-0.05, 0) is 43.2 Å². The van der Waals surface area contributed by atoms with Gasteiger partial charge in [0, 0.05) is 7.05 Å². The third kappa shape index (κ3) is 4.04. The number of esters is 1. The third-order valence-electron chi connectivity index (χ3n) is 6.30. The number of amides is 4. The van der Waals surface area contributed by atoms with E-state index in [2.05, 4.69) is 11.4 Å². The standard InChI is InChI=1S/C22H29N3O5/c1-4-22(5-2)20(28)25(21(29)23-22)13-19(27)30-14-18(26)24(3)17-12-8-10-15-9-6-7-11-16(15)17/h6-7,9,11,17H,4-5,8,10,12-14H2,1-3H3,(H,23,29)/t17-/m1/s1. The van der Waals surface area contributed by atoms with E-state index >= 15 is 0 Å². The molecule has 0 spiro atoms. The molecular formula is C22H29N3O5. The van der Waals surface area contributed by atoms with E-state index in [0.717, 1.165) is 29.7 Å². The molecule has 1 saturated heterocycles. The van der Waals surface area contributed by atoms with Crippen LogP contribution in [-0.2, 0) is 25.5 Å². The minimum absolute atomic E-state index is 0.0539. The van der Waals surface area contributed by atoms with Gasteiger partial charge in [0.1, 0.15) is 12.1 Å². The fourth-order valence-corrected chi connectivity index (χ4v) is 4.27. The summed E-state index contributed by atoms with van der Waals surface area (Å²) in [7, 11) is 1.71. The van der Waals surface area contributed by atoms with Gasteiger partial charge < -0.3 is 15.0 Å². The first kappa shape index (κ1) is 21.8. The number of carbonyl (C=O) groups excluding carboxylic acids is 4. The fraction of sp³-hybridized carbons (Fsp3) is 0.545. The molecule has 1 aliphatic carbocycles. The Hall–Kier alpha value is -2.90. The maximum absolute atomic E-state index is 12.6. The number of rotatable bonds is 7. The summed E-state index contributed by atoms with van der Waals surface area (Å²) in [5.41, 5.74) is 1.39. The molecule has 0 bridgehead atoms. The molecule has 0 saturated carbocycles. The Balaban J connectivity index is 1.56. The molecule has 0 unspecified atom stereocenters. The van der Waals surface area contributed by atoms with E-state index in [-0.39, 0.29) is 11.9 Å². The van der Waals surface area contributed by atoms with Gasteiger partial charge in [-0.25, -0.2) is 4.79 Å². The summed E-state index contributed by atoms with van der Waals surface area (Å²) in [4.78, 5) is 52.0. The van der Waals surface area contributed by atoms with Crippen LogP contribution in [0.2, 0.25) is 0 Å². The fourth-order valence-electron chi connectivity index (χ4n) is 4.27. The molecule has 1 fully saturated rings. The molecule has 8 nitrogen and oxygen atoms in total. The van der Waals surface area contributed by atoms with Gasteiger partial charge in [-0.15, -0.1) is 0 Å². The van der Waals surface area contributed by atoms with E-state index in [9.17, 15) is 19.2 Å². The summed E-state index contributed by atoms with van der Waals surface area (Å²) in [5, 5.41) is 2.66. The number of nitrogens with one attached hydrogen (secondary N) is 1. The Morgan fingerprint density at radius 1 is 1.23 bits per heavy atom. The Morgan fingerprint density at radius 2 is 1.93 bits per heavy atom. The van der Waals surface area contributed by atoms with Crippen LogP contribution in [0.25, 0.3) is 0 Å². The highest BCUT2D eigenvalue weighted by molar-refractivity contribution is 6.08. The minimum Gasteiger partial charge on any atom is -0.454 e. The Morgan fingerprint density at radius 3 is 2.60 bits per heavy atom. The van der Waals surface area contributed by atoms with Crippen LogP contribution in [0.15, 0.2) is 24.3 Å². The molecular weight excluding hydrogens is 386 g/mol. The molecule has 4 amide bonds. The molecule has 3 rings (SSSR count). The lowest BCUT2D eigenvalue weighted by Gasteiger charge is -2.33. The summed E-state index contributed by atoms with van der Waals surface area (Å²) < 4.78 is 5.09. The molecule has 1 aromatic carbocycles. The molecule has 162 valence electrons. The van der Waals surface area contributed by atoms with Crippen LogP contribution in [0.3, 0.4) is 0 Å². The highest BCUT2D eigenvalue weighted by atomic mass is 16.5. The zero-order valence-electron chi connectivity index (χ0n) is 17.8. The van der Waals surface area contributed by atoms with Crippen LogP contribution < -0.4 is 5.32 Å². The van der Waals surface area contributed by atoms with Crippen LogP contribution in [0, 0.1) is 0 Å². The van der Waals surface area contributed by atoms with Crippen LogP contribution in [0.4, 0.5) is 4.79 Å². The summed E-state index contributed by atoms with van der Waals surface area (Å²) in [5.74, 6) is -1.54. The van der Waals surface area contributed by atoms with Crippen molar-refractivity contribution in [2.45, 2.75) is 57.5 Å². The van der Waals surface area contributed by atoms with Crippen molar-refractivity contribution in [1.29, 1.82) is 0 Å². The van der Waals surface area contributed by atoms with Gasteiger partial charge in [-0.1, -0.05) is 38.1 Å². The predicted octanol–water partition coefficient (Wildman–Crippen LogP) is 2.18. The number of hydrogen-bond acceptors (Lipinski definition) is 5. The van der Waals surface area contributed by atoms with Gasteiger partial charge >= 0.3 is 12.0 Å². The number of ether oxygens (including phenoxy) is 1. The van der Waals surface area contributed by atoms with Gasteiger partial charge in [0.25, 0.3) is 11.8 Å². The van der Waals surface area contributed by atoms with Crippen LogP contribution in [0.5, 0.6) is 0 Å². The Bertz CT molecular complexity index is 849. The van der Waals surface area contributed by atoms with Crippen molar-refractivity contribution in [3.63, 3.8) is 0 Å². The van der Waals surface area contributed by atoms with Crippen molar-refractivity contribution < 1.29 is 23.9 Å². The number of imide groups is 1. The summed E-state index contributed by atoms with van der Waals surface area (Å²) >= 11 is 0. The lowest BCUT2D eigenvalue weighted by Crippen LogP contribution is -2.46. The van der Waals surface area contributed by atoms with Crippen molar-refractivity contribution in [3.8, 4) is 0 Å². The first-order chi connectivity index (χ1) is 14.3. The lowest BCUT2D eigenvalue weighted by atomic mass is 9.87. The molecule has 1 aliphatic heterocycles. The highest BCUT2D eigenvalue weighted by Gasteiger charge is 2.49. The van der Waals surface area contributed by atoms with Crippen LogP contribution in [-0.4, -0.2) is 59.4 Å². The number of urea groups is 1. The van der Waals surface area contributed by atoms with Gasteiger partial charge in [0.2, 0.25) is 0 Å². The molecule has 0 radical (unpaired) electrons. The molecule has 1 heterocycles. The molecule has 8 heteroatoms. The number of fused-ring (bicyclic) bond motifs is 1. The van der Waals surface area contributed by atoms with Crippen molar-refractivity contribution in [2.24, 2.45) is 0 Å². The Kier molecular flexibility index (Phi) is 6.43. The van der Waals surface area contributed by atoms with Crippen LogP contribution in [0.1, 0.15) is 56.7 Å². The number of benzene rings is 1. The highest BCUT2D eigenvalue weighted by Crippen LogP contribution is 2.33. The first-order valence-corrected chi connectivity index (χ1v) is 10.5. The van der Waals surface area contributed by atoms with Crippen molar-refractivity contribution in [2.75, 3.05) is 20.2 Å². The zero-order chi connectivity index (χ0) is 21.9. The average Bonchev–Trinajstić information content (AvgIpc) is 3.01. The van der Waals surface area contributed by atoms with Gasteiger partial charge in [-0.2, -0.15) is 0 Å². The number of likely N-dealkylation sites (N-methyl/N-ethyl adjacent to an activating group) is 1. The summed E-state index contributed by atoms with van der Waals surface area (Å²) in [6.45, 7) is 2.68. The van der Waals surface area contributed by atoms with Crippen LogP contribution >= 0.6 is 0 Å². The maximum atomic E-state index is 12.6. The first-order valence-electron chi connectivity index (χ1n) is 10.5. The summed E-state index contributed by atoms with van der Waals surface area (Å²) in [6.07, 6.45) is 3.71. The second kappa shape index (κ2) is 8.85. The van der Waals surface area contributed by atoms with E-state index in [0.29, 0.717) is 12.8 Å². The quantitative estimate of drug-likeness (QED) is 0.544. The van der Waals surface area contributed by atoms with E-state index in [1.807, 2.05) is 18.2 Å². The Labute approximate surface area is 176 Å². The molecule has 2 aliphatic rings. The normalized spacial score (nSPS) is 19.8. The number of aryl methyl sites for hydroxylation is 1. The van der Waals surface area contributed by atoms with Crippen molar-refractivity contribution >= 4 is 23.8 Å². The maximum Gasteiger partial charge on any atom is 0.326 e. The number of carbonyl (C=O) groups is 4. The van der Waals surface area contributed by atoms with E-state index in [4.69, 9.17) is 4.74 Å². The molecule has 1 atom stereocenters. The molecule has 1 N–H and O–H groups in total. The second-order valence-electron chi connectivity index (χ2n) is 7.88. The zero-order valence-corrected chi connectivity index (χ0v) is 17.8. The topological polar surface area (TPSA) is 96.0 Å². The van der Waals surface area contributed by atoms with Gasteiger partial charge in [0.05, 0.1) is 6.04 Å². The van der Waals surface area contributed by atoms with E-state index in [1.165, 1.54) is 5.56 Å². The molecule has 1 aromatic rings. The minimum atomic E-state index is -0.970.